The van der Waals surface area contributed by atoms with Crippen molar-refractivity contribution in [3.05, 3.63) is 41.6 Å². The van der Waals surface area contributed by atoms with Crippen LogP contribution in [0, 0.1) is 18.6 Å². The van der Waals surface area contributed by atoms with E-state index in [-0.39, 0.29) is 5.82 Å². The second kappa shape index (κ2) is 2.76. The molecule has 0 aliphatic rings. The van der Waals surface area contributed by atoms with Crippen LogP contribution in [0.4, 0.5) is 8.78 Å². The van der Waals surface area contributed by atoms with Crippen LogP contribution in [-0.2, 0) is 0 Å². The topological polar surface area (TPSA) is 12.9 Å². The van der Waals surface area contributed by atoms with Gasteiger partial charge >= 0.3 is 0 Å². The highest BCUT2D eigenvalue weighted by Gasteiger charge is 2.04. The van der Waals surface area contributed by atoms with Crippen molar-refractivity contribution in [1.82, 2.24) is 4.98 Å². The molecule has 0 saturated heterocycles. The van der Waals surface area contributed by atoms with Gasteiger partial charge in [-0.3, -0.25) is 4.98 Å². The molecular formula is C10H7F2N. The summed E-state index contributed by atoms with van der Waals surface area (Å²) in [6, 6.07) is 4.14. The molecule has 0 aliphatic heterocycles. The Morgan fingerprint density at radius 1 is 1.23 bits per heavy atom. The second-order valence-electron chi connectivity index (χ2n) is 2.89. The molecular weight excluding hydrogens is 172 g/mol. The molecule has 0 fully saturated rings. The number of benzene rings is 1. The first-order valence-corrected chi connectivity index (χ1v) is 3.89. The van der Waals surface area contributed by atoms with Gasteiger partial charge in [0.05, 0.1) is 11.7 Å². The molecule has 1 heterocycles. The molecule has 13 heavy (non-hydrogen) atoms. The molecule has 0 amide bonds. The second-order valence-corrected chi connectivity index (χ2v) is 2.89. The van der Waals surface area contributed by atoms with Gasteiger partial charge in [0.15, 0.2) is 0 Å². The van der Waals surface area contributed by atoms with E-state index in [1.807, 2.05) is 0 Å². The van der Waals surface area contributed by atoms with Crippen molar-refractivity contribution in [2.24, 2.45) is 0 Å². The Morgan fingerprint density at radius 2 is 2.00 bits per heavy atom. The van der Waals surface area contributed by atoms with Crippen LogP contribution in [0.1, 0.15) is 5.56 Å². The molecule has 0 saturated carbocycles. The van der Waals surface area contributed by atoms with Gasteiger partial charge in [-0.25, -0.2) is 8.78 Å². The van der Waals surface area contributed by atoms with Gasteiger partial charge in [-0.15, -0.1) is 0 Å². The van der Waals surface area contributed by atoms with Crippen LogP contribution in [0.3, 0.4) is 0 Å². The summed E-state index contributed by atoms with van der Waals surface area (Å²) in [5.41, 5.74) is 1.05. The summed E-state index contributed by atoms with van der Waals surface area (Å²) in [7, 11) is 0. The average molecular weight is 179 g/mol. The zero-order chi connectivity index (χ0) is 9.42. The van der Waals surface area contributed by atoms with E-state index in [4.69, 9.17) is 0 Å². The van der Waals surface area contributed by atoms with Gasteiger partial charge in [-0.1, -0.05) is 0 Å². The molecule has 0 atom stereocenters. The minimum atomic E-state index is -0.405. The number of hydrogen-bond donors (Lipinski definition) is 0. The molecule has 1 aromatic carbocycles. The molecule has 0 bridgehead atoms. The third-order valence-corrected chi connectivity index (χ3v) is 2.04. The normalized spacial score (nSPS) is 10.7. The number of nitrogens with zero attached hydrogens (tertiary/aromatic N) is 1. The molecule has 0 unspecified atom stereocenters. The first-order chi connectivity index (χ1) is 6.18. The highest BCUT2D eigenvalue weighted by Crippen LogP contribution is 2.19. The van der Waals surface area contributed by atoms with Crippen LogP contribution in [0.15, 0.2) is 24.4 Å². The average Bonchev–Trinajstić information content (AvgIpc) is 2.12. The van der Waals surface area contributed by atoms with Gasteiger partial charge in [-0.2, -0.15) is 0 Å². The molecule has 2 rings (SSSR count). The first-order valence-electron chi connectivity index (χ1n) is 3.89. The molecule has 2 aromatic rings. The smallest absolute Gasteiger partial charge is 0.145 e. The van der Waals surface area contributed by atoms with Crippen molar-refractivity contribution in [2.75, 3.05) is 0 Å². The van der Waals surface area contributed by atoms with E-state index in [0.29, 0.717) is 16.5 Å². The van der Waals surface area contributed by atoms with Crippen molar-refractivity contribution in [3.63, 3.8) is 0 Å². The van der Waals surface area contributed by atoms with E-state index < -0.39 is 5.82 Å². The zero-order valence-corrected chi connectivity index (χ0v) is 7.01. The molecule has 0 aliphatic carbocycles. The lowest BCUT2D eigenvalue weighted by Crippen LogP contribution is -1.88. The highest BCUT2D eigenvalue weighted by molar-refractivity contribution is 5.81. The Balaban J connectivity index is 2.89. The summed E-state index contributed by atoms with van der Waals surface area (Å²) in [5, 5.41) is 0.528. The van der Waals surface area contributed by atoms with Crippen LogP contribution in [0.5, 0.6) is 0 Å². The third kappa shape index (κ3) is 1.26. The monoisotopic (exact) mass is 179 g/mol. The van der Waals surface area contributed by atoms with Gasteiger partial charge in [0, 0.05) is 5.39 Å². The fourth-order valence-electron chi connectivity index (χ4n) is 1.27. The van der Waals surface area contributed by atoms with Crippen molar-refractivity contribution in [2.45, 2.75) is 6.92 Å². The number of aryl methyl sites for hydroxylation is 1. The number of halogens is 2. The lowest BCUT2D eigenvalue weighted by molar-refractivity contribution is 0.613. The number of fused-ring (bicyclic) bond motifs is 1. The van der Waals surface area contributed by atoms with Gasteiger partial charge in [0.25, 0.3) is 0 Å². The van der Waals surface area contributed by atoms with E-state index in [2.05, 4.69) is 4.98 Å². The van der Waals surface area contributed by atoms with Gasteiger partial charge in [0.2, 0.25) is 0 Å². The number of aromatic nitrogens is 1. The van der Waals surface area contributed by atoms with Crippen LogP contribution < -0.4 is 0 Å². The largest absolute Gasteiger partial charge is 0.253 e. The van der Waals surface area contributed by atoms with E-state index >= 15 is 0 Å². The maximum Gasteiger partial charge on any atom is 0.145 e. The molecule has 3 heteroatoms. The zero-order valence-electron chi connectivity index (χ0n) is 7.01. The number of pyridine rings is 1. The third-order valence-electron chi connectivity index (χ3n) is 2.04. The predicted molar refractivity (Wildman–Crippen MR) is 46.4 cm³/mol. The van der Waals surface area contributed by atoms with Crippen LogP contribution in [0.25, 0.3) is 10.9 Å². The molecule has 0 radical (unpaired) electrons. The Hall–Kier alpha value is -1.51. The van der Waals surface area contributed by atoms with Crippen LogP contribution in [0.2, 0.25) is 0 Å². The van der Waals surface area contributed by atoms with E-state index in [9.17, 15) is 8.78 Å². The summed E-state index contributed by atoms with van der Waals surface area (Å²) in [5.74, 6) is -0.777. The summed E-state index contributed by atoms with van der Waals surface area (Å²) >= 11 is 0. The Morgan fingerprint density at radius 3 is 2.77 bits per heavy atom. The Labute approximate surface area is 74.0 Å². The molecule has 1 aromatic heterocycles. The van der Waals surface area contributed by atoms with Crippen LogP contribution >= 0.6 is 0 Å². The van der Waals surface area contributed by atoms with E-state index in [1.165, 1.54) is 18.2 Å². The first kappa shape index (κ1) is 8.10. The molecule has 66 valence electrons. The van der Waals surface area contributed by atoms with Crippen molar-refractivity contribution >= 4 is 10.9 Å². The minimum Gasteiger partial charge on any atom is -0.253 e. The van der Waals surface area contributed by atoms with Crippen molar-refractivity contribution in [3.8, 4) is 0 Å². The lowest BCUT2D eigenvalue weighted by Gasteiger charge is -2.01. The number of rotatable bonds is 0. The highest BCUT2D eigenvalue weighted by atomic mass is 19.1. The van der Waals surface area contributed by atoms with Gasteiger partial charge < -0.3 is 0 Å². The predicted octanol–water partition coefficient (Wildman–Crippen LogP) is 2.82. The van der Waals surface area contributed by atoms with E-state index in [0.717, 1.165) is 6.20 Å². The fourth-order valence-corrected chi connectivity index (χ4v) is 1.27. The van der Waals surface area contributed by atoms with Crippen LogP contribution in [-0.4, -0.2) is 4.98 Å². The summed E-state index contributed by atoms with van der Waals surface area (Å²) < 4.78 is 25.8. The summed E-state index contributed by atoms with van der Waals surface area (Å²) in [6.07, 6.45) is 1.15. The lowest BCUT2D eigenvalue weighted by atomic mass is 10.1. The summed E-state index contributed by atoms with van der Waals surface area (Å²) in [6.45, 7) is 1.61. The van der Waals surface area contributed by atoms with Gasteiger partial charge in [-0.05, 0) is 30.7 Å². The molecule has 0 N–H and O–H groups in total. The minimum absolute atomic E-state index is 0.372. The van der Waals surface area contributed by atoms with E-state index in [1.54, 1.807) is 6.92 Å². The quantitative estimate of drug-likeness (QED) is 0.606. The van der Waals surface area contributed by atoms with Gasteiger partial charge in [0.1, 0.15) is 11.6 Å². The SMILES string of the molecule is Cc1c(F)cnc2ccc(F)cc12. The molecule has 0 spiro atoms. The standard InChI is InChI=1S/C10H7F2N/c1-6-8-4-7(11)2-3-10(8)13-5-9(6)12/h2-5H,1H3. The maximum atomic E-state index is 13.0. The summed E-state index contributed by atoms with van der Waals surface area (Å²) in [4.78, 5) is 3.84. The number of hydrogen-bond acceptors (Lipinski definition) is 1. The fraction of sp³-hybridized carbons (Fsp3) is 0.100. The van der Waals surface area contributed by atoms with Crippen molar-refractivity contribution in [1.29, 1.82) is 0 Å². The maximum absolute atomic E-state index is 13.0. The molecule has 1 nitrogen and oxygen atoms in total. The Kier molecular flexibility index (Phi) is 1.72. The van der Waals surface area contributed by atoms with Crippen molar-refractivity contribution < 1.29 is 8.78 Å². The Bertz CT molecular complexity index is 460.